The second-order valence-corrected chi connectivity index (χ2v) is 5.57. The summed E-state index contributed by atoms with van der Waals surface area (Å²) in [4.78, 5) is 11.0. The van der Waals surface area contributed by atoms with Gasteiger partial charge in [-0.2, -0.15) is 0 Å². The third-order valence-electron chi connectivity index (χ3n) is 3.93. The van der Waals surface area contributed by atoms with Crippen molar-refractivity contribution in [2.45, 2.75) is 61.4 Å². The van der Waals surface area contributed by atoms with Crippen molar-refractivity contribution in [3.8, 4) is 0 Å². The van der Waals surface area contributed by atoms with E-state index in [2.05, 4.69) is 0 Å². The normalized spacial score (nSPS) is 49.8. The van der Waals surface area contributed by atoms with Gasteiger partial charge >= 0.3 is 5.97 Å². The molecule has 10 atom stereocenters. The van der Waals surface area contributed by atoms with Crippen molar-refractivity contribution < 1.29 is 59.9 Å². The number of aliphatic carboxylic acids is 1. The number of aliphatic hydroxyl groups is 7. The van der Waals surface area contributed by atoms with Crippen molar-refractivity contribution in [3.05, 3.63) is 0 Å². The van der Waals surface area contributed by atoms with Crippen molar-refractivity contribution in [3.63, 3.8) is 0 Å². The van der Waals surface area contributed by atoms with Crippen LogP contribution in [0.3, 0.4) is 0 Å². The first kappa shape index (κ1) is 19.4. The van der Waals surface area contributed by atoms with Crippen LogP contribution in [0.15, 0.2) is 0 Å². The van der Waals surface area contributed by atoms with E-state index in [1.165, 1.54) is 0 Å². The fraction of sp³-hybridized carbons (Fsp3) is 0.917. The van der Waals surface area contributed by atoms with Crippen LogP contribution in [0.4, 0.5) is 0 Å². The largest absolute Gasteiger partial charge is 0.479 e. The van der Waals surface area contributed by atoms with Gasteiger partial charge in [-0.15, -0.1) is 0 Å². The lowest BCUT2D eigenvalue weighted by Gasteiger charge is -2.44. The van der Waals surface area contributed by atoms with Crippen molar-refractivity contribution in [1.29, 1.82) is 0 Å². The van der Waals surface area contributed by atoms with Gasteiger partial charge in [-0.25, -0.2) is 4.79 Å². The Bertz CT molecular complexity index is 444. The van der Waals surface area contributed by atoms with Crippen LogP contribution in [0.25, 0.3) is 0 Å². The van der Waals surface area contributed by atoms with Crippen molar-refractivity contribution in [2.75, 3.05) is 6.61 Å². The number of rotatable bonds is 4. The Kier molecular flexibility index (Phi) is 6.09. The molecular formula is C12H20O12. The minimum atomic E-state index is -1.92. The highest BCUT2D eigenvalue weighted by atomic mass is 16.8. The fourth-order valence-electron chi connectivity index (χ4n) is 2.48. The van der Waals surface area contributed by atoms with Gasteiger partial charge in [0, 0.05) is 0 Å². The van der Waals surface area contributed by atoms with E-state index in [0.29, 0.717) is 0 Å². The number of ether oxygens (including phenoxy) is 3. The number of carboxylic acids is 1. The van der Waals surface area contributed by atoms with E-state index >= 15 is 0 Å². The lowest BCUT2D eigenvalue weighted by molar-refractivity contribution is -0.372. The lowest BCUT2D eigenvalue weighted by Crippen LogP contribution is -2.64. The Morgan fingerprint density at radius 1 is 0.792 bits per heavy atom. The molecule has 0 amide bonds. The summed E-state index contributed by atoms with van der Waals surface area (Å²) in [6.07, 6.45) is -17.7. The molecule has 0 radical (unpaired) electrons. The Morgan fingerprint density at radius 3 is 1.79 bits per heavy atom. The second-order valence-electron chi connectivity index (χ2n) is 5.57. The predicted molar refractivity (Wildman–Crippen MR) is 69.2 cm³/mol. The van der Waals surface area contributed by atoms with Crippen LogP contribution in [0.5, 0.6) is 0 Å². The number of hydrogen-bond acceptors (Lipinski definition) is 11. The zero-order valence-corrected chi connectivity index (χ0v) is 12.2. The van der Waals surface area contributed by atoms with E-state index in [4.69, 9.17) is 24.4 Å². The topological polar surface area (TPSA) is 207 Å². The van der Waals surface area contributed by atoms with E-state index in [1.807, 2.05) is 0 Å². The molecule has 0 aromatic heterocycles. The third kappa shape index (κ3) is 3.52. The van der Waals surface area contributed by atoms with Crippen LogP contribution in [-0.2, 0) is 19.0 Å². The maximum Gasteiger partial charge on any atom is 0.335 e. The number of hydrogen-bond donors (Lipinski definition) is 8. The molecule has 0 aliphatic carbocycles. The summed E-state index contributed by atoms with van der Waals surface area (Å²) in [6, 6.07) is 0. The Labute approximate surface area is 135 Å². The van der Waals surface area contributed by atoms with Gasteiger partial charge in [0.25, 0.3) is 0 Å². The van der Waals surface area contributed by atoms with Crippen molar-refractivity contribution in [2.24, 2.45) is 0 Å². The minimum Gasteiger partial charge on any atom is -0.479 e. The molecule has 0 spiro atoms. The van der Waals surface area contributed by atoms with Gasteiger partial charge in [-0.1, -0.05) is 0 Å². The van der Waals surface area contributed by atoms with Gasteiger partial charge in [-0.3, -0.25) is 0 Å². The molecule has 0 aromatic rings. The summed E-state index contributed by atoms with van der Waals surface area (Å²) in [5.41, 5.74) is 0. The Hall–Kier alpha value is -0.930. The molecule has 0 unspecified atom stereocenters. The molecule has 2 saturated heterocycles. The molecule has 0 aromatic carbocycles. The first-order valence-electron chi connectivity index (χ1n) is 7.07. The third-order valence-corrected chi connectivity index (χ3v) is 3.93. The van der Waals surface area contributed by atoms with E-state index < -0.39 is 74.0 Å². The van der Waals surface area contributed by atoms with Gasteiger partial charge in [0.1, 0.15) is 42.7 Å². The van der Waals surface area contributed by atoms with Gasteiger partial charge in [-0.05, 0) is 0 Å². The molecule has 2 fully saturated rings. The van der Waals surface area contributed by atoms with Crippen LogP contribution < -0.4 is 0 Å². The Balaban J connectivity index is 2.11. The highest BCUT2D eigenvalue weighted by Crippen LogP contribution is 2.28. The van der Waals surface area contributed by atoms with Gasteiger partial charge in [0.2, 0.25) is 0 Å². The SMILES string of the molecule is O=C(O)[C@H]1O[C@@H](O[C@@H]2O[C@H](CO)[C@@H](O)[C@H](O)[C@H]2O)[C@H](O)[C@@H](O)[C@@H]1O. The molecule has 2 rings (SSSR count). The summed E-state index contributed by atoms with van der Waals surface area (Å²) in [6.45, 7) is -0.724. The average Bonchev–Trinajstić information content (AvgIpc) is 2.55. The molecule has 140 valence electrons. The van der Waals surface area contributed by atoms with Crippen LogP contribution in [0, 0.1) is 0 Å². The van der Waals surface area contributed by atoms with E-state index in [1.54, 1.807) is 0 Å². The zero-order valence-electron chi connectivity index (χ0n) is 12.2. The molecule has 12 nitrogen and oxygen atoms in total. The lowest BCUT2D eigenvalue weighted by atomic mass is 9.98. The maximum absolute atomic E-state index is 11.0. The summed E-state index contributed by atoms with van der Waals surface area (Å²) in [5, 5.41) is 76.1. The highest BCUT2D eigenvalue weighted by Gasteiger charge is 2.51. The Morgan fingerprint density at radius 2 is 1.29 bits per heavy atom. The fourth-order valence-corrected chi connectivity index (χ4v) is 2.48. The maximum atomic E-state index is 11.0. The molecule has 2 heterocycles. The van der Waals surface area contributed by atoms with E-state index in [0.717, 1.165) is 0 Å². The number of aliphatic hydroxyl groups excluding tert-OH is 7. The van der Waals surface area contributed by atoms with Crippen molar-refractivity contribution >= 4 is 5.97 Å². The first-order valence-corrected chi connectivity index (χ1v) is 7.07. The van der Waals surface area contributed by atoms with Crippen LogP contribution in [0.1, 0.15) is 0 Å². The first-order chi connectivity index (χ1) is 11.2. The van der Waals surface area contributed by atoms with Gasteiger partial charge in [0.05, 0.1) is 6.61 Å². The van der Waals surface area contributed by atoms with Gasteiger partial charge < -0.3 is 55.1 Å². The van der Waals surface area contributed by atoms with E-state index in [-0.39, 0.29) is 0 Å². The van der Waals surface area contributed by atoms with Crippen LogP contribution in [0.2, 0.25) is 0 Å². The smallest absolute Gasteiger partial charge is 0.335 e. The molecule has 12 heteroatoms. The minimum absolute atomic E-state index is 0.724. The van der Waals surface area contributed by atoms with Crippen molar-refractivity contribution in [1.82, 2.24) is 0 Å². The highest BCUT2D eigenvalue weighted by molar-refractivity contribution is 5.73. The molecule has 24 heavy (non-hydrogen) atoms. The number of carbonyl (C=O) groups is 1. The molecule has 2 aliphatic heterocycles. The summed E-state index contributed by atoms with van der Waals surface area (Å²) < 4.78 is 14.9. The molecule has 0 saturated carbocycles. The van der Waals surface area contributed by atoms with Crippen LogP contribution in [-0.4, -0.2) is 115 Å². The molecule has 0 bridgehead atoms. The molecule has 2 aliphatic rings. The predicted octanol–water partition coefficient (Wildman–Crippen LogP) is -5.30. The monoisotopic (exact) mass is 356 g/mol. The van der Waals surface area contributed by atoms with Crippen LogP contribution >= 0.6 is 0 Å². The summed E-state index contributed by atoms with van der Waals surface area (Å²) >= 11 is 0. The van der Waals surface area contributed by atoms with E-state index in [9.17, 15) is 35.4 Å². The zero-order chi connectivity index (χ0) is 18.2. The number of carboxylic acid groups (broad SMARTS) is 1. The summed E-state index contributed by atoms with van der Waals surface area (Å²) in [7, 11) is 0. The quantitative estimate of drug-likeness (QED) is 0.238. The average molecular weight is 356 g/mol. The standard InChI is InChI=1S/C12H20O12/c13-1-2-3(14)4(15)7(18)11(22-2)24-12-8(19)5(16)6(17)9(23-12)10(20)21/h2-9,11-19H,1H2,(H,20,21)/t2-,3-,4+,5+,6+,7-,8-,9+,11+,12+/m1/s1. The molecule has 8 N–H and O–H groups in total. The van der Waals surface area contributed by atoms with Gasteiger partial charge in [0.15, 0.2) is 18.7 Å². The summed E-state index contributed by atoms with van der Waals surface area (Å²) in [5.74, 6) is -1.63. The molecular weight excluding hydrogens is 336 g/mol. The second kappa shape index (κ2) is 7.53.